The van der Waals surface area contributed by atoms with Gasteiger partial charge in [-0.2, -0.15) is 0 Å². The summed E-state index contributed by atoms with van der Waals surface area (Å²) in [7, 11) is 5.62. The molecule has 33 heavy (non-hydrogen) atoms. The summed E-state index contributed by atoms with van der Waals surface area (Å²) in [5, 5.41) is 2.73. The van der Waals surface area contributed by atoms with Crippen molar-refractivity contribution in [1.82, 2.24) is 4.13 Å². The first-order valence-electron chi connectivity index (χ1n) is 9.44. The molecule has 2 unspecified atom stereocenters. The summed E-state index contributed by atoms with van der Waals surface area (Å²) >= 11 is 0. The smallest absolute Gasteiger partial charge is 0.203 e. The SMILES string of the molecule is COc1cc(C=CS(=O)NS(=O)/C=C/c2cc(OC)c(OC)c(OC)c2)cc(OC)c1OC. The maximum Gasteiger partial charge on any atom is 0.203 e. The molecule has 2 atom stereocenters. The number of methoxy groups -OCH3 is 6. The lowest BCUT2D eigenvalue weighted by atomic mass is 10.2. The molecule has 11 heteroatoms. The van der Waals surface area contributed by atoms with Gasteiger partial charge in [-0.25, -0.2) is 8.42 Å². The zero-order valence-electron chi connectivity index (χ0n) is 19.2. The first-order valence-corrected chi connectivity index (χ1v) is 11.9. The van der Waals surface area contributed by atoms with E-state index < -0.39 is 22.0 Å². The summed E-state index contributed by atoms with van der Waals surface area (Å²) in [6, 6.07) is 6.82. The molecule has 0 aliphatic rings. The Balaban J connectivity index is 2.10. The molecule has 0 aliphatic carbocycles. The van der Waals surface area contributed by atoms with E-state index >= 15 is 0 Å². The van der Waals surface area contributed by atoms with Gasteiger partial charge in [-0.1, -0.05) is 0 Å². The molecule has 2 aromatic rings. The van der Waals surface area contributed by atoms with Crippen LogP contribution in [0, 0.1) is 0 Å². The second-order valence-corrected chi connectivity index (χ2v) is 8.60. The normalized spacial score (nSPS) is 13.0. The molecule has 0 bridgehead atoms. The first-order chi connectivity index (χ1) is 15.9. The molecule has 180 valence electrons. The van der Waals surface area contributed by atoms with E-state index in [2.05, 4.69) is 4.13 Å². The quantitative estimate of drug-likeness (QED) is 0.477. The summed E-state index contributed by atoms with van der Waals surface area (Å²) in [5.41, 5.74) is 1.33. The minimum Gasteiger partial charge on any atom is -0.493 e. The Labute approximate surface area is 198 Å². The molecule has 0 heterocycles. The van der Waals surface area contributed by atoms with Crippen molar-refractivity contribution in [2.75, 3.05) is 42.7 Å². The second-order valence-electron chi connectivity index (χ2n) is 6.20. The van der Waals surface area contributed by atoms with Gasteiger partial charge in [0, 0.05) is 10.8 Å². The molecule has 0 saturated carbocycles. The van der Waals surface area contributed by atoms with Crippen LogP contribution in [0.3, 0.4) is 0 Å². The van der Waals surface area contributed by atoms with Gasteiger partial charge in [-0.05, 0) is 47.5 Å². The fourth-order valence-electron chi connectivity index (χ4n) is 2.81. The number of hydrogen-bond acceptors (Lipinski definition) is 8. The topological polar surface area (TPSA) is 102 Å². The van der Waals surface area contributed by atoms with Crippen LogP contribution in [0.4, 0.5) is 0 Å². The van der Waals surface area contributed by atoms with Gasteiger partial charge in [0.25, 0.3) is 0 Å². The van der Waals surface area contributed by atoms with E-state index in [0.29, 0.717) is 45.6 Å². The molecule has 0 aliphatic heterocycles. The number of nitrogens with one attached hydrogen (secondary N) is 1. The highest BCUT2D eigenvalue weighted by Gasteiger charge is 2.13. The Kier molecular flexibility index (Phi) is 10.2. The predicted molar refractivity (Wildman–Crippen MR) is 130 cm³/mol. The molecule has 0 spiro atoms. The molecule has 0 aromatic heterocycles. The molecule has 0 amide bonds. The highest BCUT2D eigenvalue weighted by atomic mass is 32.3. The van der Waals surface area contributed by atoms with Crippen LogP contribution >= 0.6 is 0 Å². The third kappa shape index (κ3) is 6.98. The van der Waals surface area contributed by atoms with Gasteiger partial charge in [-0.3, -0.25) is 0 Å². The average molecular weight is 498 g/mol. The lowest BCUT2D eigenvalue weighted by Gasteiger charge is -2.12. The number of rotatable bonds is 12. The Morgan fingerprint density at radius 1 is 0.576 bits per heavy atom. The second kappa shape index (κ2) is 12.9. The van der Waals surface area contributed by atoms with Crippen LogP contribution < -0.4 is 32.5 Å². The summed E-state index contributed by atoms with van der Waals surface area (Å²) < 4.78 is 58.8. The summed E-state index contributed by atoms with van der Waals surface area (Å²) in [6.07, 6.45) is 3.18. The highest BCUT2D eigenvalue weighted by Crippen LogP contribution is 2.39. The molecule has 0 saturated heterocycles. The van der Waals surface area contributed by atoms with Crippen molar-refractivity contribution in [2.45, 2.75) is 0 Å². The lowest BCUT2D eigenvalue weighted by molar-refractivity contribution is 0.324. The molecule has 2 rings (SSSR count). The molecular weight excluding hydrogens is 470 g/mol. The van der Waals surface area contributed by atoms with Gasteiger partial charge in [0.05, 0.1) is 42.7 Å². The minimum absolute atomic E-state index is 0.453. The van der Waals surface area contributed by atoms with Crippen molar-refractivity contribution in [3.05, 3.63) is 46.2 Å². The van der Waals surface area contributed by atoms with E-state index in [1.54, 1.807) is 36.4 Å². The van der Waals surface area contributed by atoms with E-state index in [1.165, 1.54) is 53.5 Å². The molecule has 0 radical (unpaired) electrons. The van der Waals surface area contributed by atoms with Crippen LogP contribution in [0.2, 0.25) is 0 Å². The Morgan fingerprint density at radius 3 is 1.12 bits per heavy atom. The van der Waals surface area contributed by atoms with Crippen LogP contribution in [0.5, 0.6) is 34.5 Å². The fourth-order valence-corrected chi connectivity index (χ4v) is 4.47. The van der Waals surface area contributed by atoms with E-state index in [9.17, 15) is 8.42 Å². The van der Waals surface area contributed by atoms with Gasteiger partial charge >= 0.3 is 0 Å². The highest BCUT2D eigenvalue weighted by molar-refractivity contribution is 8.01. The van der Waals surface area contributed by atoms with Crippen molar-refractivity contribution in [3.63, 3.8) is 0 Å². The third-order valence-corrected chi connectivity index (χ3v) is 6.39. The number of ether oxygens (including phenoxy) is 6. The molecular formula is C22H27NO8S2. The van der Waals surface area contributed by atoms with E-state index in [0.717, 1.165) is 0 Å². The van der Waals surface area contributed by atoms with Gasteiger partial charge < -0.3 is 28.4 Å². The fraction of sp³-hybridized carbons (Fsp3) is 0.273. The lowest BCUT2D eigenvalue weighted by Crippen LogP contribution is -2.15. The third-order valence-electron chi connectivity index (χ3n) is 4.31. The van der Waals surface area contributed by atoms with Crippen molar-refractivity contribution in [2.24, 2.45) is 0 Å². The zero-order chi connectivity index (χ0) is 24.4. The first kappa shape index (κ1) is 26.2. The summed E-state index contributed by atoms with van der Waals surface area (Å²) in [5.74, 6) is 2.77. The predicted octanol–water partition coefficient (Wildman–Crippen LogP) is 3.30. The maximum atomic E-state index is 12.3. The molecule has 1 N–H and O–H groups in total. The Morgan fingerprint density at radius 2 is 0.879 bits per heavy atom. The summed E-state index contributed by atoms with van der Waals surface area (Å²) in [6.45, 7) is 0. The zero-order valence-corrected chi connectivity index (χ0v) is 20.8. The van der Waals surface area contributed by atoms with Crippen LogP contribution in [0.25, 0.3) is 12.2 Å². The van der Waals surface area contributed by atoms with Crippen LogP contribution in [-0.4, -0.2) is 51.1 Å². The molecule has 0 fully saturated rings. The van der Waals surface area contributed by atoms with E-state index in [-0.39, 0.29) is 0 Å². The number of benzene rings is 2. The maximum absolute atomic E-state index is 12.3. The molecule has 9 nitrogen and oxygen atoms in total. The van der Waals surface area contributed by atoms with Crippen LogP contribution in [0.15, 0.2) is 35.1 Å². The van der Waals surface area contributed by atoms with Gasteiger partial charge in [0.15, 0.2) is 23.0 Å². The van der Waals surface area contributed by atoms with Crippen LogP contribution in [-0.2, 0) is 22.0 Å². The number of hydrogen-bond donors (Lipinski definition) is 1. The Bertz CT molecular complexity index is 935. The Hall–Kier alpha value is -3.02. The molecule has 2 aromatic carbocycles. The largest absolute Gasteiger partial charge is 0.493 e. The summed E-state index contributed by atoms with van der Waals surface area (Å²) in [4.78, 5) is 0. The van der Waals surface area contributed by atoms with Gasteiger partial charge in [-0.15, -0.1) is 4.13 Å². The van der Waals surface area contributed by atoms with E-state index in [4.69, 9.17) is 28.4 Å². The van der Waals surface area contributed by atoms with Gasteiger partial charge in [0.2, 0.25) is 11.5 Å². The van der Waals surface area contributed by atoms with Crippen molar-refractivity contribution < 1.29 is 36.8 Å². The van der Waals surface area contributed by atoms with Crippen molar-refractivity contribution in [3.8, 4) is 34.5 Å². The minimum atomic E-state index is -1.71. The van der Waals surface area contributed by atoms with Crippen LogP contribution in [0.1, 0.15) is 11.1 Å². The van der Waals surface area contributed by atoms with E-state index in [1.807, 2.05) is 0 Å². The van der Waals surface area contributed by atoms with Crippen molar-refractivity contribution >= 4 is 34.1 Å². The monoisotopic (exact) mass is 497 g/mol. The standard InChI is InChI=1S/C22H27NO8S2/c1-26-17-11-15(12-18(27-2)21(17)30-5)7-9-32(24)23-33(25)10-8-16-13-19(28-3)22(31-6)20(14-16)29-4/h7-14,23H,1-6H3/b9-7+,10-8?. The van der Waals surface area contributed by atoms with Crippen molar-refractivity contribution in [1.29, 1.82) is 0 Å². The average Bonchev–Trinajstić information content (AvgIpc) is 2.84. The van der Waals surface area contributed by atoms with Gasteiger partial charge in [0.1, 0.15) is 22.0 Å².